The molecule has 164 valence electrons. The van der Waals surface area contributed by atoms with E-state index in [4.69, 9.17) is 0 Å². The van der Waals surface area contributed by atoms with Crippen molar-refractivity contribution in [3.05, 3.63) is 27.3 Å². The third-order valence-electron chi connectivity index (χ3n) is 4.52. The Hall–Kier alpha value is -1.73. The summed E-state index contributed by atoms with van der Waals surface area (Å²) in [7, 11) is -3.74. The number of nitrogens with one attached hydrogen (secondary N) is 2. The molecular weight excluding hydrogens is 462 g/mol. The van der Waals surface area contributed by atoms with Gasteiger partial charge < -0.3 is 15.7 Å². The van der Waals surface area contributed by atoms with E-state index in [1.807, 2.05) is 0 Å². The number of rotatable bonds is 10. The Labute approximate surface area is 189 Å². The summed E-state index contributed by atoms with van der Waals surface area (Å²) in [6.45, 7) is 9.13. The number of aromatic nitrogens is 2. The van der Waals surface area contributed by atoms with Gasteiger partial charge >= 0.3 is 0 Å². The zero-order valence-electron chi connectivity index (χ0n) is 17.2. The summed E-state index contributed by atoms with van der Waals surface area (Å²) in [5.41, 5.74) is 1.59. The quantitative estimate of drug-likeness (QED) is 0.374. The molecule has 0 saturated carbocycles. The highest BCUT2D eigenvalue weighted by atomic mass is 32.2. The Morgan fingerprint density at radius 2 is 1.83 bits per heavy atom. The van der Waals surface area contributed by atoms with Gasteiger partial charge in [0, 0.05) is 23.3 Å². The lowest BCUT2D eigenvalue weighted by atomic mass is 10.1. The Bertz CT molecular complexity index is 1080. The van der Waals surface area contributed by atoms with Crippen LogP contribution in [0, 0.1) is 0 Å². The van der Waals surface area contributed by atoms with Crippen molar-refractivity contribution in [1.29, 1.82) is 0 Å². The van der Waals surface area contributed by atoms with Crippen molar-refractivity contribution in [2.75, 3.05) is 23.7 Å². The second kappa shape index (κ2) is 9.60. The number of hydrogen-bond acceptors (Lipinski definition) is 10. The molecule has 3 rings (SSSR count). The van der Waals surface area contributed by atoms with Gasteiger partial charge in [0.05, 0.1) is 24.0 Å². The summed E-state index contributed by atoms with van der Waals surface area (Å²) in [5, 5.41) is 20.5. The minimum atomic E-state index is -3.74. The lowest BCUT2D eigenvalue weighted by Gasteiger charge is -2.17. The highest BCUT2D eigenvalue weighted by molar-refractivity contribution is 7.91. The molecule has 3 heterocycles. The Morgan fingerprint density at radius 3 is 2.47 bits per heavy atom. The van der Waals surface area contributed by atoms with Crippen molar-refractivity contribution in [2.45, 2.75) is 44.4 Å². The van der Waals surface area contributed by atoms with E-state index in [9.17, 15) is 13.5 Å². The molecule has 8 nitrogen and oxygen atoms in total. The number of hydrogen-bond donors (Lipinski definition) is 3. The molecule has 3 aromatic rings. The van der Waals surface area contributed by atoms with Gasteiger partial charge in [0.25, 0.3) is 10.0 Å². The molecule has 3 N–H and O–H groups in total. The maximum absolute atomic E-state index is 12.7. The van der Waals surface area contributed by atoms with Gasteiger partial charge in [-0.1, -0.05) is 27.7 Å². The molecule has 0 fully saturated rings. The van der Waals surface area contributed by atoms with Gasteiger partial charge in [0.15, 0.2) is 21.6 Å². The summed E-state index contributed by atoms with van der Waals surface area (Å²) in [6.07, 6.45) is 0. The molecule has 3 aromatic heterocycles. The Kier molecular flexibility index (Phi) is 7.34. The van der Waals surface area contributed by atoms with Crippen molar-refractivity contribution >= 4 is 61.7 Å². The van der Waals surface area contributed by atoms with Crippen LogP contribution in [-0.4, -0.2) is 39.7 Å². The molecule has 0 aliphatic heterocycles. The second-order valence-corrected chi connectivity index (χ2v) is 11.4. The molecule has 0 atom stereocenters. The van der Waals surface area contributed by atoms with E-state index < -0.39 is 10.0 Å². The molecule has 0 saturated heterocycles. The summed E-state index contributed by atoms with van der Waals surface area (Å²) >= 11 is 3.70. The number of aromatic hydroxyl groups is 1. The first-order chi connectivity index (χ1) is 14.3. The molecule has 0 aliphatic rings. The lowest BCUT2D eigenvalue weighted by Crippen LogP contribution is -2.30. The maximum Gasteiger partial charge on any atom is 0.256 e. The van der Waals surface area contributed by atoms with Crippen molar-refractivity contribution in [1.82, 2.24) is 13.1 Å². The monoisotopic (exact) mass is 487 g/mol. The number of nitrogens with zero attached hydrogens (tertiary/aromatic N) is 3. The van der Waals surface area contributed by atoms with Crippen molar-refractivity contribution in [3.8, 4) is 5.75 Å². The average Bonchev–Trinajstić information content (AvgIpc) is 3.42. The Balaban J connectivity index is 1.74. The van der Waals surface area contributed by atoms with Gasteiger partial charge in [-0.25, -0.2) is 8.42 Å². The summed E-state index contributed by atoms with van der Waals surface area (Å²) < 4.78 is 35.2. The van der Waals surface area contributed by atoms with E-state index >= 15 is 0 Å². The van der Waals surface area contributed by atoms with E-state index in [0.29, 0.717) is 42.9 Å². The van der Waals surface area contributed by atoms with E-state index in [1.165, 1.54) is 14.7 Å². The zero-order valence-corrected chi connectivity index (χ0v) is 20.4. The molecule has 0 amide bonds. The minimum absolute atomic E-state index is 0.0776. The number of thiophene rings is 2. The summed E-state index contributed by atoms with van der Waals surface area (Å²) in [5.74, 6) is 1.18. The molecule has 0 aromatic carbocycles. The van der Waals surface area contributed by atoms with Crippen LogP contribution in [0.4, 0.5) is 17.3 Å². The predicted molar refractivity (Wildman–Crippen MR) is 125 cm³/mol. The van der Waals surface area contributed by atoms with E-state index in [-0.39, 0.29) is 9.96 Å². The van der Waals surface area contributed by atoms with Gasteiger partial charge in [0.2, 0.25) is 0 Å². The largest absolute Gasteiger partial charge is 0.504 e. The first-order valence-electron chi connectivity index (χ1n) is 9.49. The normalized spacial score (nSPS) is 12.1. The minimum Gasteiger partial charge on any atom is -0.504 e. The first-order valence-corrected chi connectivity index (χ1v) is 13.4. The van der Waals surface area contributed by atoms with Crippen molar-refractivity contribution in [2.24, 2.45) is 0 Å². The van der Waals surface area contributed by atoms with Crippen LogP contribution in [-0.2, 0) is 16.6 Å². The smallest absolute Gasteiger partial charge is 0.256 e. The van der Waals surface area contributed by atoms with Crippen molar-refractivity contribution < 1.29 is 13.5 Å². The SMILES string of the molecule is CCN(CC)S(=O)(=O)c1scc(Nc2nsnc2NCc2cc(C(C)C)cs2)c1O. The zero-order chi connectivity index (χ0) is 21.9. The fourth-order valence-electron chi connectivity index (χ4n) is 2.76. The molecule has 0 spiro atoms. The van der Waals surface area contributed by atoms with Gasteiger partial charge in [0.1, 0.15) is 0 Å². The standard InChI is InChI=1S/C18H25N5O3S4/c1-5-23(6-2)30(25,26)18-15(24)14(10-28-18)20-17-16(21-29-22-17)19-8-13-7-12(9-27-13)11(3)4/h7,9-11,24H,5-6,8H2,1-4H3,(H,19,21)(H,20,22). The first kappa shape index (κ1) is 22.9. The van der Waals surface area contributed by atoms with Crippen LogP contribution in [0.1, 0.15) is 44.1 Å². The van der Waals surface area contributed by atoms with Crippen LogP contribution in [0.15, 0.2) is 21.0 Å². The third kappa shape index (κ3) is 4.78. The lowest BCUT2D eigenvalue weighted by molar-refractivity contribution is 0.434. The molecular formula is C18H25N5O3S4. The van der Waals surface area contributed by atoms with Crippen molar-refractivity contribution in [3.63, 3.8) is 0 Å². The number of sulfonamides is 1. The van der Waals surface area contributed by atoms with Gasteiger partial charge in [-0.15, -0.1) is 22.7 Å². The van der Waals surface area contributed by atoms with Crippen LogP contribution >= 0.6 is 34.4 Å². The maximum atomic E-state index is 12.7. The summed E-state index contributed by atoms with van der Waals surface area (Å²) in [4.78, 5) is 1.18. The fraction of sp³-hybridized carbons (Fsp3) is 0.444. The molecule has 0 unspecified atom stereocenters. The molecule has 12 heteroatoms. The molecule has 0 radical (unpaired) electrons. The van der Waals surface area contributed by atoms with Gasteiger partial charge in [-0.05, 0) is 22.9 Å². The van der Waals surface area contributed by atoms with Crippen LogP contribution in [0.3, 0.4) is 0 Å². The topological polar surface area (TPSA) is 107 Å². The van der Waals surface area contributed by atoms with Crippen LogP contribution < -0.4 is 10.6 Å². The molecule has 0 bridgehead atoms. The van der Waals surface area contributed by atoms with Crippen LogP contribution in [0.5, 0.6) is 5.75 Å². The highest BCUT2D eigenvalue weighted by Gasteiger charge is 2.29. The Morgan fingerprint density at radius 1 is 1.13 bits per heavy atom. The highest BCUT2D eigenvalue weighted by Crippen LogP contribution is 2.41. The average molecular weight is 488 g/mol. The molecule has 30 heavy (non-hydrogen) atoms. The summed E-state index contributed by atoms with van der Waals surface area (Å²) in [6, 6.07) is 2.17. The van der Waals surface area contributed by atoms with Gasteiger partial charge in [-0.3, -0.25) is 0 Å². The van der Waals surface area contributed by atoms with E-state index in [1.54, 1.807) is 30.6 Å². The van der Waals surface area contributed by atoms with E-state index in [0.717, 1.165) is 23.1 Å². The van der Waals surface area contributed by atoms with E-state index in [2.05, 4.69) is 44.7 Å². The van der Waals surface area contributed by atoms with Crippen LogP contribution in [0.2, 0.25) is 0 Å². The third-order valence-corrected chi connectivity index (χ3v) is 9.55. The van der Waals surface area contributed by atoms with Gasteiger partial charge in [-0.2, -0.15) is 13.1 Å². The molecule has 0 aliphatic carbocycles. The predicted octanol–water partition coefficient (Wildman–Crippen LogP) is 4.88. The second-order valence-electron chi connectivity index (χ2n) is 6.82. The number of anilines is 3. The van der Waals surface area contributed by atoms with Crippen LogP contribution in [0.25, 0.3) is 0 Å². The fourth-order valence-corrected chi connectivity index (χ4v) is 7.07.